The second-order valence-electron chi connectivity index (χ2n) is 3.03. The number of hydrogen-bond acceptors (Lipinski definition) is 3. The maximum absolute atomic E-state index is 10.7. The molecule has 16 heavy (non-hydrogen) atoms. The van der Waals surface area contributed by atoms with Crippen LogP contribution in [-0.2, 0) is 16.5 Å². The minimum absolute atomic E-state index is 0.149. The summed E-state index contributed by atoms with van der Waals surface area (Å²) in [5.74, 6) is -1.12. The number of rotatable bonds is 4. The zero-order chi connectivity index (χ0) is 12.3. The van der Waals surface area contributed by atoms with Gasteiger partial charge >= 0.3 is 5.97 Å². The predicted octanol–water partition coefficient (Wildman–Crippen LogP) is 2.77. The van der Waals surface area contributed by atoms with Gasteiger partial charge in [-0.15, -0.1) is 0 Å². The highest BCUT2D eigenvalue weighted by atomic mass is 79.9. The summed E-state index contributed by atoms with van der Waals surface area (Å²) in [5.41, 5.74) is 0.511. The summed E-state index contributed by atoms with van der Waals surface area (Å²) in [5, 5.41) is 20.0. The van der Waals surface area contributed by atoms with E-state index in [9.17, 15) is 14.9 Å². The van der Waals surface area contributed by atoms with Crippen LogP contribution in [-0.4, -0.2) is 16.0 Å². The largest absolute Gasteiger partial charge is 0.481 e. The lowest BCUT2D eigenvalue weighted by molar-refractivity contribution is -0.385. The third kappa shape index (κ3) is 2.93. The molecule has 1 aromatic rings. The quantitative estimate of drug-likeness (QED) is 0.527. The molecule has 0 unspecified atom stereocenters. The molecule has 0 aliphatic rings. The standard InChI is InChI=1S/C9H7BrClNO4/c10-4-6-1-5(2-9(13)14)8(12(15)16)3-7(6)11/h1,3H,2,4H2,(H,13,14). The summed E-state index contributed by atoms with van der Waals surface area (Å²) in [6, 6.07) is 2.61. The van der Waals surface area contributed by atoms with Crippen LogP contribution in [0.4, 0.5) is 5.69 Å². The van der Waals surface area contributed by atoms with Crippen molar-refractivity contribution in [3.8, 4) is 0 Å². The zero-order valence-corrected chi connectivity index (χ0v) is 10.3. The number of halogens is 2. The molecule has 7 heteroatoms. The SMILES string of the molecule is O=C(O)Cc1cc(CBr)c(Cl)cc1[N+](=O)[O-]. The number of carboxylic acid groups (broad SMARTS) is 1. The van der Waals surface area contributed by atoms with Gasteiger partial charge in [0.05, 0.1) is 16.4 Å². The van der Waals surface area contributed by atoms with E-state index in [2.05, 4.69) is 15.9 Å². The van der Waals surface area contributed by atoms with Crippen molar-refractivity contribution in [1.29, 1.82) is 0 Å². The lowest BCUT2D eigenvalue weighted by Gasteiger charge is -2.05. The Bertz CT molecular complexity index is 449. The molecule has 0 aromatic heterocycles. The molecule has 0 fully saturated rings. The Morgan fingerprint density at radius 1 is 1.50 bits per heavy atom. The fourth-order valence-electron chi connectivity index (χ4n) is 1.24. The van der Waals surface area contributed by atoms with Crippen molar-refractivity contribution >= 4 is 39.2 Å². The predicted molar refractivity (Wildman–Crippen MR) is 62.1 cm³/mol. The van der Waals surface area contributed by atoms with Gasteiger partial charge in [-0.25, -0.2) is 0 Å². The molecule has 1 rings (SSSR count). The average molecular weight is 309 g/mol. The van der Waals surface area contributed by atoms with Crippen molar-refractivity contribution in [3.63, 3.8) is 0 Å². The highest BCUT2D eigenvalue weighted by Gasteiger charge is 2.18. The summed E-state index contributed by atoms with van der Waals surface area (Å²) in [7, 11) is 0. The molecule has 0 amide bonds. The van der Waals surface area contributed by atoms with Crippen LogP contribution in [0.15, 0.2) is 12.1 Å². The highest BCUT2D eigenvalue weighted by molar-refractivity contribution is 9.08. The number of nitrogens with zero attached hydrogens (tertiary/aromatic N) is 1. The second-order valence-corrected chi connectivity index (χ2v) is 4.00. The van der Waals surface area contributed by atoms with Gasteiger partial charge in [-0.05, 0) is 11.6 Å². The Balaban J connectivity index is 3.30. The van der Waals surface area contributed by atoms with Gasteiger partial charge in [0.2, 0.25) is 0 Å². The molecule has 5 nitrogen and oxygen atoms in total. The van der Waals surface area contributed by atoms with Crippen molar-refractivity contribution < 1.29 is 14.8 Å². The van der Waals surface area contributed by atoms with Crippen LogP contribution in [0.5, 0.6) is 0 Å². The fourth-order valence-corrected chi connectivity index (χ4v) is 2.09. The first-order chi connectivity index (χ1) is 7.45. The topological polar surface area (TPSA) is 80.4 Å². The van der Waals surface area contributed by atoms with E-state index >= 15 is 0 Å². The summed E-state index contributed by atoms with van der Waals surface area (Å²) in [4.78, 5) is 20.6. The average Bonchev–Trinajstić information content (AvgIpc) is 2.19. The van der Waals surface area contributed by atoms with Crippen molar-refractivity contribution in [2.75, 3.05) is 0 Å². The Morgan fingerprint density at radius 3 is 2.56 bits per heavy atom. The van der Waals surface area contributed by atoms with Crippen LogP contribution in [0.3, 0.4) is 0 Å². The van der Waals surface area contributed by atoms with E-state index in [1.165, 1.54) is 12.1 Å². The summed E-state index contributed by atoms with van der Waals surface area (Å²) < 4.78 is 0. The highest BCUT2D eigenvalue weighted by Crippen LogP contribution is 2.28. The molecular weight excluding hydrogens is 301 g/mol. The normalized spacial score (nSPS) is 10.1. The van der Waals surface area contributed by atoms with Gasteiger partial charge in [-0.2, -0.15) is 0 Å². The van der Waals surface area contributed by atoms with Crippen molar-refractivity contribution in [3.05, 3.63) is 38.4 Å². The van der Waals surface area contributed by atoms with Crippen molar-refractivity contribution in [2.45, 2.75) is 11.8 Å². The minimum atomic E-state index is -1.12. The van der Waals surface area contributed by atoms with Gasteiger partial charge in [0.25, 0.3) is 5.69 Å². The summed E-state index contributed by atoms with van der Waals surface area (Å²) in [6.45, 7) is 0. The molecule has 0 heterocycles. The minimum Gasteiger partial charge on any atom is -0.481 e. The first-order valence-corrected chi connectivity index (χ1v) is 5.69. The number of alkyl halides is 1. The Hall–Kier alpha value is -1.14. The van der Waals surface area contributed by atoms with Gasteiger partial charge in [0.1, 0.15) is 0 Å². The van der Waals surface area contributed by atoms with Gasteiger partial charge in [-0.3, -0.25) is 14.9 Å². The summed E-state index contributed by atoms with van der Waals surface area (Å²) in [6.07, 6.45) is -0.395. The first-order valence-electron chi connectivity index (χ1n) is 4.19. The maximum Gasteiger partial charge on any atom is 0.308 e. The molecule has 0 bridgehead atoms. The van der Waals surface area contributed by atoms with Crippen LogP contribution in [0.2, 0.25) is 5.02 Å². The maximum atomic E-state index is 10.7. The number of hydrogen-bond donors (Lipinski definition) is 1. The van der Waals surface area contributed by atoms with Crippen LogP contribution in [0.1, 0.15) is 11.1 Å². The number of nitro groups is 1. The van der Waals surface area contributed by atoms with E-state index in [1.54, 1.807) is 0 Å². The second kappa shape index (κ2) is 5.27. The monoisotopic (exact) mass is 307 g/mol. The molecule has 0 spiro atoms. The van der Waals surface area contributed by atoms with E-state index in [1.807, 2.05) is 0 Å². The van der Waals surface area contributed by atoms with Gasteiger partial charge < -0.3 is 5.11 Å². The van der Waals surface area contributed by atoms with E-state index in [-0.39, 0.29) is 16.3 Å². The Kier molecular flexibility index (Phi) is 4.26. The smallest absolute Gasteiger partial charge is 0.308 e. The van der Waals surface area contributed by atoms with Crippen molar-refractivity contribution in [2.24, 2.45) is 0 Å². The van der Waals surface area contributed by atoms with Crippen LogP contribution >= 0.6 is 27.5 Å². The van der Waals surface area contributed by atoms with Crippen molar-refractivity contribution in [1.82, 2.24) is 0 Å². The third-order valence-electron chi connectivity index (χ3n) is 1.93. The molecule has 0 aliphatic carbocycles. The molecule has 1 N–H and O–H groups in total. The van der Waals surface area contributed by atoms with Crippen LogP contribution in [0, 0.1) is 10.1 Å². The van der Waals surface area contributed by atoms with E-state index in [4.69, 9.17) is 16.7 Å². The molecular formula is C9H7BrClNO4. The van der Waals surface area contributed by atoms with Gasteiger partial charge in [-0.1, -0.05) is 27.5 Å². The Morgan fingerprint density at radius 2 is 2.12 bits per heavy atom. The lowest BCUT2D eigenvalue weighted by Crippen LogP contribution is -2.04. The van der Waals surface area contributed by atoms with Gasteiger partial charge in [0, 0.05) is 17.0 Å². The molecule has 1 aromatic carbocycles. The zero-order valence-electron chi connectivity index (χ0n) is 7.94. The molecule has 0 saturated carbocycles. The number of carbonyl (C=O) groups is 1. The number of aliphatic carboxylic acids is 1. The molecule has 86 valence electrons. The molecule has 0 atom stereocenters. The third-order valence-corrected chi connectivity index (χ3v) is 2.89. The first kappa shape index (κ1) is 12.9. The van der Waals surface area contributed by atoms with Crippen LogP contribution in [0.25, 0.3) is 0 Å². The number of nitro benzene ring substituents is 1. The number of benzene rings is 1. The van der Waals surface area contributed by atoms with E-state index in [0.717, 1.165) is 0 Å². The molecule has 0 radical (unpaired) electrons. The van der Waals surface area contributed by atoms with E-state index < -0.39 is 17.3 Å². The Labute approximate surface area is 104 Å². The number of carboxylic acids is 1. The molecule has 0 aliphatic heterocycles. The lowest BCUT2D eigenvalue weighted by atomic mass is 10.1. The molecule has 0 saturated heterocycles. The fraction of sp³-hybridized carbons (Fsp3) is 0.222. The van der Waals surface area contributed by atoms with Gasteiger partial charge in [0.15, 0.2) is 0 Å². The summed E-state index contributed by atoms with van der Waals surface area (Å²) >= 11 is 8.97. The van der Waals surface area contributed by atoms with Crippen LogP contribution < -0.4 is 0 Å². The van der Waals surface area contributed by atoms with E-state index in [0.29, 0.717) is 10.9 Å².